The van der Waals surface area contributed by atoms with Crippen molar-refractivity contribution in [2.75, 3.05) is 26.3 Å². The van der Waals surface area contributed by atoms with Crippen molar-refractivity contribution >= 4 is 5.97 Å². The lowest BCUT2D eigenvalue weighted by Gasteiger charge is -2.20. The fourth-order valence-electron chi connectivity index (χ4n) is 1.85. The first-order valence-corrected chi connectivity index (χ1v) is 6.79. The highest BCUT2D eigenvalue weighted by atomic mass is 16.5. The van der Waals surface area contributed by atoms with Crippen LogP contribution in [0.4, 0.5) is 0 Å². The largest absolute Gasteiger partial charge is 0.467 e. The van der Waals surface area contributed by atoms with E-state index in [0.29, 0.717) is 31.0 Å². The third kappa shape index (κ3) is 5.04. The fraction of sp³-hybridized carbons (Fsp3) is 0.643. The van der Waals surface area contributed by atoms with Gasteiger partial charge in [0, 0.05) is 6.54 Å². The monoisotopic (exact) mass is 269 g/mol. The Balaban J connectivity index is 2.67. The number of ether oxygens (including phenoxy) is 1. The summed E-state index contributed by atoms with van der Waals surface area (Å²) in [5.74, 6) is 0.244. The van der Waals surface area contributed by atoms with E-state index in [1.165, 1.54) is 6.26 Å². The van der Waals surface area contributed by atoms with E-state index in [-0.39, 0.29) is 12.6 Å². The standard InChI is InChI=1S/C14H23NO4/c1-3-5-7-15(8-9-16)11-13-12(6-10-19-13)14(17)18-4-2/h6,10,16H,3-5,7-9,11H2,1-2H3. The molecular formula is C14H23NO4. The topological polar surface area (TPSA) is 62.9 Å². The number of esters is 1. The molecule has 0 aliphatic rings. The number of aliphatic hydroxyl groups excluding tert-OH is 1. The van der Waals surface area contributed by atoms with E-state index in [9.17, 15) is 4.79 Å². The average Bonchev–Trinajstić information content (AvgIpc) is 2.84. The number of unbranched alkanes of at least 4 members (excludes halogenated alkanes) is 1. The van der Waals surface area contributed by atoms with Crippen LogP contribution in [0.15, 0.2) is 16.7 Å². The number of carbonyl (C=O) groups excluding carboxylic acids is 1. The number of carbonyl (C=O) groups is 1. The Morgan fingerprint density at radius 3 is 2.84 bits per heavy atom. The maximum atomic E-state index is 11.7. The molecule has 5 heteroatoms. The Morgan fingerprint density at radius 1 is 1.42 bits per heavy atom. The summed E-state index contributed by atoms with van der Waals surface area (Å²) in [6.45, 7) is 6.30. The van der Waals surface area contributed by atoms with Gasteiger partial charge in [0.25, 0.3) is 0 Å². The summed E-state index contributed by atoms with van der Waals surface area (Å²) in [4.78, 5) is 13.8. The number of hydrogen-bond donors (Lipinski definition) is 1. The van der Waals surface area contributed by atoms with Gasteiger partial charge < -0.3 is 14.3 Å². The van der Waals surface area contributed by atoms with E-state index >= 15 is 0 Å². The average molecular weight is 269 g/mol. The van der Waals surface area contributed by atoms with Crippen LogP contribution in [-0.4, -0.2) is 42.3 Å². The number of hydrogen-bond acceptors (Lipinski definition) is 5. The second kappa shape index (κ2) is 8.72. The highest BCUT2D eigenvalue weighted by Gasteiger charge is 2.17. The van der Waals surface area contributed by atoms with E-state index in [1.807, 2.05) is 0 Å². The van der Waals surface area contributed by atoms with Crippen molar-refractivity contribution in [1.82, 2.24) is 4.90 Å². The number of rotatable bonds is 9. The fourth-order valence-corrected chi connectivity index (χ4v) is 1.85. The molecule has 5 nitrogen and oxygen atoms in total. The maximum absolute atomic E-state index is 11.7. The van der Waals surface area contributed by atoms with Gasteiger partial charge in [0.1, 0.15) is 11.3 Å². The van der Waals surface area contributed by atoms with Gasteiger partial charge in [0.2, 0.25) is 0 Å². The molecule has 1 rings (SSSR count). The van der Waals surface area contributed by atoms with Gasteiger partial charge >= 0.3 is 5.97 Å². The molecule has 0 saturated carbocycles. The maximum Gasteiger partial charge on any atom is 0.341 e. The van der Waals surface area contributed by atoms with Crippen LogP contribution in [-0.2, 0) is 11.3 Å². The summed E-state index contributed by atoms with van der Waals surface area (Å²) >= 11 is 0. The zero-order valence-electron chi connectivity index (χ0n) is 11.7. The van der Waals surface area contributed by atoms with Crippen LogP contribution in [0.25, 0.3) is 0 Å². The lowest BCUT2D eigenvalue weighted by atomic mass is 10.2. The Labute approximate surface area is 114 Å². The predicted octanol–water partition coefficient (Wildman–Crippen LogP) is 2.05. The minimum Gasteiger partial charge on any atom is -0.467 e. The molecule has 0 bridgehead atoms. The molecule has 1 aromatic heterocycles. The molecule has 0 spiro atoms. The first kappa shape index (κ1) is 15.7. The lowest BCUT2D eigenvalue weighted by molar-refractivity contribution is 0.0521. The summed E-state index contributed by atoms with van der Waals surface area (Å²) in [5.41, 5.74) is 0.473. The third-order valence-corrected chi connectivity index (χ3v) is 2.85. The number of aliphatic hydroxyl groups is 1. The molecule has 0 atom stereocenters. The molecular weight excluding hydrogens is 246 g/mol. The Kier molecular flexibility index (Phi) is 7.22. The summed E-state index contributed by atoms with van der Waals surface area (Å²) in [7, 11) is 0. The molecule has 108 valence electrons. The van der Waals surface area contributed by atoms with E-state index in [2.05, 4.69) is 11.8 Å². The molecule has 0 aromatic carbocycles. The van der Waals surface area contributed by atoms with Gasteiger partial charge in [0.15, 0.2) is 0 Å². The zero-order valence-corrected chi connectivity index (χ0v) is 11.7. The summed E-state index contributed by atoms with van der Waals surface area (Å²) in [5, 5.41) is 9.06. The molecule has 0 saturated heterocycles. The van der Waals surface area contributed by atoms with Crippen LogP contribution in [0.5, 0.6) is 0 Å². The molecule has 0 aliphatic heterocycles. The van der Waals surface area contributed by atoms with Gasteiger partial charge in [-0.25, -0.2) is 4.79 Å². The molecule has 0 aliphatic carbocycles. The van der Waals surface area contributed by atoms with E-state index in [1.54, 1.807) is 13.0 Å². The molecule has 0 unspecified atom stereocenters. The van der Waals surface area contributed by atoms with Crippen molar-refractivity contribution < 1.29 is 19.1 Å². The van der Waals surface area contributed by atoms with Crippen molar-refractivity contribution in [2.24, 2.45) is 0 Å². The Morgan fingerprint density at radius 2 is 2.21 bits per heavy atom. The highest BCUT2D eigenvalue weighted by molar-refractivity contribution is 5.90. The van der Waals surface area contributed by atoms with Gasteiger partial charge in [-0.15, -0.1) is 0 Å². The van der Waals surface area contributed by atoms with Gasteiger partial charge in [0.05, 0.1) is 26.0 Å². The second-order valence-corrected chi connectivity index (χ2v) is 4.33. The van der Waals surface area contributed by atoms with Crippen LogP contribution in [0.3, 0.4) is 0 Å². The summed E-state index contributed by atoms with van der Waals surface area (Å²) < 4.78 is 10.3. The van der Waals surface area contributed by atoms with Crippen molar-refractivity contribution in [1.29, 1.82) is 0 Å². The SMILES string of the molecule is CCCCN(CCO)Cc1occc1C(=O)OCC. The van der Waals surface area contributed by atoms with E-state index in [0.717, 1.165) is 19.4 Å². The number of nitrogens with zero attached hydrogens (tertiary/aromatic N) is 1. The molecule has 19 heavy (non-hydrogen) atoms. The van der Waals surface area contributed by atoms with Crippen LogP contribution < -0.4 is 0 Å². The van der Waals surface area contributed by atoms with Gasteiger partial charge in [-0.3, -0.25) is 4.90 Å². The number of furan rings is 1. The first-order valence-electron chi connectivity index (χ1n) is 6.79. The van der Waals surface area contributed by atoms with Gasteiger partial charge in [-0.2, -0.15) is 0 Å². The Hall–Kier alpha value is -1.33. The molecule has 1 aromatic rings. The van der Waals surface area contributed by atoms with E-state index < -0.39 is 0 Å². The second-order valence-electron chi connectivity index (χ2n) is 4.33. The van der Waals surface area contributed by atoms with Crippen LogP contribution >= 0.6 is 0 Å². The summed E-state index contributed by atoms with van der Waals surface area (Å²) in [6.07, 6.45) is 3.64. The van der Waals surface area contributed by atoms with Gasteiger partial charge in [-0.1, -0.05) is 13.3 Å². The molecule has 0 amide bonds. The minimum atomic E-state index is -0.356. The molecule has 1 N–H and O–H groups in total. The van der Waals surface area contributed by atoms with E-state index in [4.69, 9.17) is 14.3 Å². The minimum absolute atomic E-state index is 0.0964. The van der Waals surface area contributed by atoms with Gasteiger partial charge in [-0.05, 0) is 26.0 Å². The summed E-state index contributed by atoms with van der Waals surface area (Å²) in [6, 6.07) is 1.63. The lowest BCUT2D eigenvalue weighted by Crippen LogP contribution is -2.28. The normalized spacial score (nSPS) is 10.9. The van der Waals surface area contributed by atoms with Crippen molar-refractivity contribution in [2.45, 2.75) is 33.2 Å². The van der Waals surface area contributed by atoms with Crippen molar-refractivity contribution in [3.05, 3.63) is 23.7 Å². The highest BCUT2D eigenvalue weighted by Crippen LogP contribution is 2.15. The predicted molar refractivity (Wildman–Crippen MR) is 71.9 cm³/mol. The van der Waals surface area contributed by atoms with Crippen LogP contribution in [0.2, 0.25) is 0 Å². The molecule has 1 heterocycles. The van der Waals surface area contributed by atoms with Crippen LogP contribution in [0.1, 0.15) is 42.8 Å². The van der Waals surface area contributed by atoms with Crippen molar-refractivity contribution in [3.63, 3.8) is 0 Å². The Bertz CT molecular complexity index is 375. The zero-order chi connectivity index (χ0) is 14.1. The quantitative estimate of drug-likeness (QED) is 0.695. The van der Waals surface area contributed by atoms with Crippen molar-refractivity contribution in [3.8, 4) is 0 Å². The smallest absolute Gasteiger partial charge is 0.341 e. The molecule has 0 fully saturated rings. The third-order valence-electron chi connectivity index (χ3n) is 2.85. The first-order chi connectivity index (χ1) is 9.22. The molecule has 0 radical (unpaired) electrons. The van der Waals surface area contributed by atoms with Crippen LogP contribution in [0, 0.1) is 0 Å².